The Morgan fingerprint density at radius 1 is 1.08 bits per heavy atom. The molecule has 0 saturated heterocycles. The highest BCUT2D eigenvalue weighted by molar-refractivity contribution is 7.92. The summed E-state index contributed by atoms with van der Waals surface area (Å²) in [6, 6.07) is 11.6. The van der Waals surface area contributed by atoms with Gasteiger partial charge in [-0.15, -0.1) is 0 Å². The van der Waals surface area contributed by atoms with Crippen LogP contribution >= 0.6 is 11.6 Å². The predicted octanol–water partition coefficient (Wildman–Crippen LogP) is 3.86. The van der Waals surface area contributed by atoms with Crippen LogP contribution in [0.15, 0.2) is 47.4 Å². The lowest BCUT2D eigenvalue weighted by Crippen LogP contribution is -2.31. The van der Waals surface area contributed by atoms with Crippen LogP contribution in [0.25, 0.3) is 0 Å². The fraction of sp³-hybridized carbons (Fsp3) is 0.316. The summed E-state index contributed by atoms with van der Waals surface area (Å²) in [5.41, 5.74) is 1.77. The normalized spacial score (nSPS) is 11.2. The van der Waals surface area contributed by atoms with Gasteiger partial charge in [-0.25, -0.2) is 8.42 Å². The standard InChI is InChI=1S/C19H23ClN2O3S/c1-4-22(5-2)19(23)13-15-9-11-16(12-10-15)21-26(24,25)18-8-6-7-17(20)14(18)3/h6-12,21H,4-5,13H2,1-3H3. The van der Waals surface area contributed by atoms with Crippen molar-refractivity contribution in [3.63, 3.8) is 0 Å². The van der Waals surface area contributed by atoms with E-state index in [1.54, 1.807) is 48.2 Å². The highest BCUT2D eigenvalue weighted by atomic mass is 35.5. The van der Waals surface area contributed by atoms with Gasteiger partial charge >= 0.3 is 0 Å². The minimum Gasteiger partial charge on any atom is -0.343 e. The van der Waals surface area contributed by atoms with Gasteiger partial charge in [0.1, 0.15) is 0 Å². The van der Waals surface area contributed by atoms with Crippen LogP contribution in [-0.2, 0) is 21.2 Å². The number of nitrogens with one attached hydrogen (secondary N) is 1. The lowest BCUT2D eigenvalue weighted by molar-refractivity contribution is -0.130. The average molecular weight is 395 g/mol. The third-order valence-corrected chi connectivity index (χ3v) is 6.12. The van der Waals surface area contributed by atoms with E-state index in [1.165, 1.54) is 6.07 Å². The Bertz CT molecular complexity index is 876. The maximum Gasteiger partial charge on any atom is 0.262 e. The van der Waals surface area contributed by atoms with Crippen molar-refractivity contribution in [2.24, 2.45) is 0 Å². The summed E-state index contributed by atoms with van der Waals surface area (Å²) in [7, 11) is -3.73. The fourth-order valence-corrected chi connectivity index (χ4v) is 4.20. The van der Waals surface area contributed by atoms with Crippen molar-refractivity contribution in [3.05, 3.63) is 58.6 Å². The molecule has 5 nitrogen and oxygen atoms in total. The molecule has 0 aromatic heterocycles. The molecular weight excluding hydrogens is 372 g/mol. The molecule has 0 unspecified atom stereocenters. The first-order valence-electron chi connectivity index (χ1n) is 8.43. The number of anilines is 1. The van der Waals surface area contributed by atoms with Crippen LogP contribution in [0.5, 0.6) is 0 Å². The molecule has 1 amide bonds. The minimum absolute atomic E-state index is 0.0536. The third-order valence-electron chi connectivity index (χ3n) is 4.19. The van der Waals surface area contributed by atoms with Gasteiger partial charge in [0.15, 0.2) is 0 Å². The first kappa shape index (κ1) is 20.3. The number of rotatable bonds is 7. The van der Waals surface area contributed by atoms with Crippen molar-refractivity contribution in [2.75, 3.05) is 17.8 Å². The number of carbonyl (C=O) groups is 1. The molecule has 0 heterocycles. The van der Waals surface area contributed by atoms with Gasteiger partial charge in [-0.1, -0.05) is 29.8 Å². The average Bonchev–Trinajstić information content (AvgIpc) is 2.59. The van der Waals surface area contributed by atoms with Crippen LogP contribution < -0.4 is 4.72 Å². The summed E-state index contributed by atoms with van der Waals surface area (Å²) in [5.74, 6) is 0.0536. The number of hydrogen-bond donors (Lipinski definition) is 1. The maximum absolute atomic E-state index is 12.6. The molecule has 0 atom stereocenters. The maximum atomic E-state index is 12.6. The Hall–Kier alpha value is -2.05. The highest BCUT2D eigenvalue weighted by Gasteiger charge is 2.18. The van der Waals surface area contributed by atoms with E-state index in [-0.39, 0.29) is 10.8 Å². The van der Waals surface area contributed by atoms with Gasteiger partial charge in [0.05, 0.1) is 11.3 Å². The van der Waals surface area contributed by atoms with Crippen molar-refractivity contribution in [3.8, 4) is 0 Å². The molecule has 0 aliphatic carbocycles. The van der Waals surface area contributed by atoms with Crippen molar-refractivity contribution in [1.82, 2.24) is 4.90 Å². The van der Waals surface area contributed by atoms with E-state index in [9.17, 15) is 13.2 Å². The summed E-state index contributed by atoms with van der Waals surface area (Å²) < 4.78 is 27.7. The second kappa shape index (κ2) is 8.56. The number of amides is 1. The molecule has 2 aromatic rings. The first-order chi connectivity index (χ1) is 12.3. The molecule has 0 fully saturated rings. The van der Waals surface area contributed by atoms with E-state index in [2.05, 4.69) is 4.72 Å². The van der Waals surface area contributed by atoms with Crippen LogP contribution in [0.1, 0.15) is 25.0 Å². The van der Waals surface area contributed by atoms with Crippen molar-refractivity contribution in [2.45, 2.75) is 32.1 Å². The van der Waals surface area contributed by atoms with Crippen LogP contribution in [0.2, 0.25) is 5.02 Å². The zero-order chi connectivity index (χ0) is 19.3. The summed E-state index contributed by atoms with van der Waals surface area (Å²) in [5, 5.41) is 0.401. The van der Waals surface area contributed by atoms with Gasteiger partial charge in [-0.3, -0.25) is 9.52 Å². The lowest BCUT2D eigenvalue weighted by atomic mass is 10.1. The Morgan fingerprint density at radius 2 is 1.69 bits per heavy atom. The highest BCUT2D eigenvalue weighted by Crippen LogP contribution is 2.25. The molecule has 0 aliphatic rings. The Morgan fingerprint density at radius 3 is 2.27 bits per heavy atom. The summed E-state index contributed by atoms with van der Waals surface area (Å²) >= 11 is 6.01. The van der Waals surface area contributed by atoms with Gasteiger partial charge in [0, 0.05) is 23.8 Å². The van der Waals surface area contributed by atoms with Gasteiger partial charge in [0.25, 0.3) is 10.0 Å². The smallest absolute Gasteiger partial charge is 0.262 e. The number of likely N-dealkylation sites (N-methyl/N-ethyl adjacent to an activating group) is 1. The molecule has 0 aliphatic heterocycles. The quantitative estimate of drug-likeness (QED) is 0.775. The van der Waals surface area contributed by atoms with Crippen molar-refractivity contribution < 1.29 is 13.2 Å². The monoisotopic (exact) mass is 394 g/mol. The largest absolute Gasteiger partial charge is 0.343 e. The molecule has 2 aromatic carbocycles. The zero-order valence-electron chi connectivity index (χ0n) is 15.1. The molecule has 7 heteroatoms. The second-order valence-corrected chi connectivity index (χ2v) is 7.97. The molecule has 0 spiro atoms. The summed E-state index contributed by atoms with van der Waals surface area (Å²) in [6.45, 7) is 6.89. The topological polar surface area (TPSA) is 66.5 Å². The first-order valence-corrected chi connectivity index (χ1v) is 10.3. The van der Waals surface area contributed by atoms with Gasteiger partial charge in [0.2, 0.25) is 5.91 Å². The van der Waals surface area contributed by atoms with Gasteiger partial charge in [-0.05, 0) is 56.2 Å². The molecule has 0 radical (unpaired) electrons. The van der Waals surface area contributed by atoms with Crippen LogP contribution in [0, 0.1) is 6.92 Å². The second-order valence-electron chi connectivity index (χ2n) is 5.91. The van der Waals surface area contributed by atoms with Crippen LogP contribution in [-0.4, -0.2) is 32.3 Å². The van der Waals surface area contributed by atoms with E-state index in [0.29, 0.717) is 35.8 Å². The van der Waals surface area contributed by atoms with E-state index in [0.717, 1.165) is 5.56 Å². The molecule has 1 N–H and O–H groups in total. The number of carbonyl (C=O) groups excluding carboxylic acids is 1. The number of halogens is 1. The van der Waals surface area contributed by atoms with Crippen LogP contribution in [0.3, 0.4) is 0 Å². The Kier molecular flexibility index (Phi) is 6.67. The van der Waals surface area contributed by atoms with E-state index in [1.807, 2.05) is 13.8 Å². The number of nitrogens with zero attached hydrogens (tertiary/aromatic N) is 1. The number of hydrogen-bond acceptors (Lipinski definition) is 3. The minimum atomic E-state index is -3.73. The summed E-state index contributed by atoms with van der Waals surface area (Å²) in [4.78, 5) is 14.1. The predicted molar refractivity (Wildman–Crippen MR) is 105 cm³/mol. The van der Waals surface area contributed by atoms with Crippen LogP contribution in [0.4, 0.5) is 5.69 Å². The van der Waals surface area contributed by atoms with E-state index in [4.69, 9.17) is 11.6 Å². The van der Waals surface area contributed by atoms with E-state index < -0.39 is 10.0 Å². The SMILES string of the molecule is CCN(CC)C(=O)Cc1ccc(NS(=O)(=O)c2cccc(Cl)c2C)cc1. The van der Waals surface area contributed by atoms with Crippen molar-refractivity contribution >= 4 is 33.2 Å². The molecule has 0 saturated carbocycles. The van der Waals surface area contributed by atoms with E-state index >= 15 is 0 Å². The number of benzene rings is 2. The molecule has 26 heavy (non-hydrogen) atoms. The van der Waals surface area contributed by atoms with Crippen molar-refractivity contribution in [1.29, 1.82) is 0 Å². The molecule has 2 rings (SSSR count). The lowest BCUT2D eigenvalue weighted by Gasteiger charge is -2.18. The molecular formula is C19H23ClN2O3S. The molecule has 140 valence electrons. The third kappa shape index (κ3) is 4.77. The van der Waals surface area contributed by atoms with Gasteiger partial charge < -0.3 is 4.90 Å². The Balaban J connectivity index is 2.14. The summed E-state index contributed by atoms with van der Waals surface area (Å²) in [6.07, 6.45) is 0.294. The Labute approximate surface area is 160 Å². The van der Waals surface area contributed by atoms with Gasteiger partial charge in [-0.2, -0.15) is 0 Å². The number of sulfonamides is 1. The fourth-order valence-electron chi connectivity index (χ4n) is 2.64. The zero-order valence-corrected chi connectivity index (χ0v) is 16.7. The molecule has 0 bridgehead atoms.